The molecule has 0 rings (SSSR count). The molecule has 0 spiro atoms. The summed E-state index contributed by atoms with van der Waals surface area (Å²) in [5.41, 5.74) is 0. The number of rotatable bonds is 11. The predicted molar refractivity (Wildman–Crippen MR) is 94.5 cm³/mol. The number of hydrogen-bond acceptors (Lipinski definition) is 4. The van der Waals surface area contributed by atoms with Crippen molar-refractivity contribution in [3.63, 3.8) is 0 Å². The minimum Gasteiger partial charge on any atom is -0.184 e. The summed E-state index contributed by atoms with van der Waals surface area (Å²) in [7, 11) is -4.92. The third kappa shape index (κ3) is 9.41. The molecule has 0 heterocycles. The van der Waals surface area contributed by atoms with Gasteiger partial charge in [0, 0.05) is 0 Å². The Morgan fingerprint density at radius 3 is 1.64 bits per heavy atom. The van der Waals surface area contributed by atoms with Crippen molar-refractivity contribution in [3.8, 4) is 0 Å². The van der Waals surface area contributed by atoms with Crippen molar-refractivity contribution in [2.45, 2.75) is 79.1 Å². The quantitative estimate of drug-likeness (QED) is 0.422. The summed E-state index contributed by atoms with van der Waals surface area (Å²) < 4.78 is 45.0. The molecule has 0 saturated heterocycles. The molecule has 0 aliphatic rings. The van der Waals surface area contributed by atoms with Crippen molar-refractivity contribution in [1.82, 2.24) is 0 Å². The molecule has 0 saturated carbocycles. The first-order chi connectivity index (χ1) is 10.3. The molecule has 22 heavy (non-hydrogen) atoms. The highest BCUT2D eigenvalue weighted by molar-refractivity contribution is 7.82. The summed E-state index contributed by atoms with van der Waals surface area (Å²) in [6, 6.07) is 0. The third-order valence-corrected chi connectivity index (χ3v) is 5.65. The van der Waals surface area contributed by atoms with Crippen molar-refractivity contribution < 1.29 is 16.8 Å². The lowest BCUT2D eigenvalue weighted by atomic mass is 10.0. The first-order valence-corrected chi connectivity index (χ1v) is 10.3. The normalized spacial score (nSPS) is 11.0. The maximum atomic E-state index is 11.3. The van der Waals surface area contributed by atoms with E-state index < -0.39 is 20.6 Å². The summed E-state index contributed by atoms with van der Waals surface area (Å²) in [4.78, 5) is 0.0911. The molecule has 0 aromatic carbocycles. The lowest BCUT2D eigenvalue weighted by Crippen LogP contribution is -2.22. The van der Waals surface area contributed by atoms with E-state index in [9.17, 15) is 16.8 Å². The second-order valence-corrected chi connectivity index (χ2v) is 8.34. The third-order valence-electron chi connectivity index (χ3n) is 3.62. The van der Waals surface area contributed by atoms with Gasteiger partial charge in [0.2, 0.25) is 20.6 Å². The van der Waals surface area contributed by atoms with Crippen LogP contribution >= 0.6 is 0 Å². The molecule has 0 fully saturated rings. The first kappa shape index (κ1) is 21.4. The Morgan fingerprint density at radius 1 is 0.727 bits per heavy atom. The zero-order chi connectivity index (χ0) is 17.1. The maximum absolute atomic E-state index is 11.3. The molecule has 0 bridgehead atoms. The van der Waals surface area contributed by atoms with Gasteiger partial charge < -0.3 is 0 Å². The van der Waals surface area contributed by atoms with Gasteiger partial charge in [-0.1, -0.05) is 66.2 Å². The number of unbranched alkanes of at least 4 members (excludes halogenated alkanes) is 5. The molecule has 6 heteroatoms. The highest BCUT2D eigenvalue weighted by Gasteiger charge is 2.16. The average Bonchev–Trinajstić information content (AvgIpc) is 2.38. The lowest BCUT2D eigenvalue weighted by molar-refractivity contribution is 0.513. The molecule has 0 aliphatic carbocycles. The van der Waals surface area contributed by atoms with Gasteiger partial charge in [-0.2, -0.15) is 16.8 Å². The van der Waals surface area contributed by atoms with Crippen LogP contribution in [0.2, 0.25) is 0 Å². The van der Waals surface area contributed by atoms with E-state index in [0.717, 1.165) is 31.6 Å². The Bertz CT molecular complexity index is 566. The van der Waals surface area contributed by atoms with Gasteiger partial charge in [0.1, 0.15) is 0 Å². The van der Waals surface area contributed by atoms with E-state index in [-0.39, 0.29) is 15.6 Å². The molecule has 0 amide bonds. The van der Waals surface area contributed by atoms with Gasteiger partial charge in [0.25, 0.3) is 0 Å². The van der Waals surface area contributed by atoms with Crippen LogP contribution in [0.4, 0.5) is 0 Å². The van der Waals surface area contributed by atoms with E-state index in [1.807, 2.05) is 0 Å². The van der Waals surface area contributed by atoms with Crippen molar-refractivity contribution in [2.75, 3.05) is 0 Å². The van der Waals surface area contributed by atoms with Crippen LogP contribution in [-0.2, 0) is 20.6 Å². The van der Waals surface area contributed by atoms with Crippen LogP contribution in [0, 0.1) is 11.8 Å². The molecule has 0 radical (unpaired) electrons. The minimum atomic E-state index is -2.46. The van der Waals surface area contributed by atoms with Gasteiger partial charge in [-0.3, -0.25) is 0 Å². The monoisotopic (exact) mass is 350 g/mol. The molecule has 0 atom stereocenters. The predicted octanol–water partition coefficient (Wildman–Crippen LogP) is 3.52. The van der Waals surface area contributed by atoms with Gasteiger partial charge in [-0.25, -0.2) is 0 Å². The fourth-order valence-electron chi connectivity index (χ4n) is 2.44. The topological polar surface area (TPSA) is 68.3 Å². The summed E-state index contributed by atoms with van der Waals surface area (Å²) >= 11 is 0. The van der Waals surface area contributed by atoms with E-state index >= 15 is 0 Å². The minimum absolute atomic E-state index is 0.0327. The highest BCUT2D eigenvalue weighted by atomic mass is 32.2. The van der Waals surface area contributed by atoms with Crippen LogP contribution in [0.25, 0.3) is 0 Å². The van der Waals surface area contributed by atoms with Gasteiger partial charge in [0.15, 0.2) is 0 Å². The fraction of sp³-hybridized carbons (Fsp3) is 0.875. The van der Waals surface area contributed by atoms with Crippen molar-refractivity contribution >= 4 is 30.3 Å². The van der Waals surface area contributed by atoms with Crippen LogP contribution < -0.4 is 0 Å². The van der Waals surface area contributed by atoms with E-state index in [4.69, 9.17) is 0 Å². The van der Waals surface area contributed by atoms with E-state index in [0.29, 0.717) is 6.42 Å². The summed E-state index contributed by atoms with van der Waals surface area (Å²) in [5, 5.41) is 0. The standard InChI is InChI=1S/C16H30O4S2/c1-13(2)11-9-7-5-6-8-10-12-15(21(17)18)16(14(3)4)22(19)20/h13-14H,5-12H2,1-4H3. The van der Waals surface area contributed by atoms with E-state index in [1.165, 1.54) is 19.3 Å². The Hall–Kier alpha value is -0.620. The molecule has 0 unspecified atom stereocenters. The highest BCUT2D eigenvalue weighted by Crippen LogP contribution is 2.13. The van der Waals surface area contributed by atoms with Gasteiger partial charge >= 0.3 is 0 Å². The summed E-state index contributed by atoms with van der Waals surface area (Å²) in [6.45, 7) is 7.85. The molecular weight excluding hydrogens is 320 g/mol. The van der Waals surface area contributed by atoms with Crippen LogP contribution in [-0.4, -0.2) is 26.6 Å². The Kier molecular flexibility index (Phi) is 11.5. The van der Waals surface area contributed by atoms with Crippen LogP contribution in [0.3, 0.4) is 0 Å². The van der Waals surface area contributed by atoms with Gasteiger partial charge in [-0.05, 0) is 24.7 Å². The molecule has 0 aromatic heterocycles. The van der Waals surface area contributed by atoms with Crippen molar-refractivity contribution in [1.29, 1.82) is 0 Å². The van der Waals surface area contributed by atoms with Crippen molar-refractivity contribution in [2.24, 2.45) is 11.8 Å². The number of hydrogen-bond donors (Lipinski definition) is 0. The molecule has 130 valence electrons. The average molecular weight is 351 g/mol. The van der Waals surface area contributed by atoms with Gasteiger partial charge in [0.05, 0.1) is 9.73 Å². The van der Waals surface area contributed by atoms with Crippen molar-refractivity contribution in [3.05, 3.63) is 0 Å². The zero-order valence-corrected chi connectivity index (χ0v) is 15.9. The summed E-state index contributed by atoms with van der Waals surface area (Å²) in [6.07, 6.45) is 7.96. The SMILES string of the molecule is CC(C)CCCCCCCCC(C(C(C)C)=S(=O)=O)=S(=O)=O. The molecule has 0 aromatic rings. The fourth-order valence-corrected chi connectivity index (χ4v) is 4.23. The van der Waals surface area contributed by atoms with Crippen LogP contribution in [0.15, 0.2) is 0 Å². The molecule has 0 N–H and O–H groups in total. The Labute approximate surface area is 138 Å². The van der Waals surface area contributed by atoms with E-state index in [1.54, 1.807) is 13.8 Å². The Morgan fingerprint density at radius 2 is 1.23 bits per heavy atom. The second kappa shape index (κ2) is 11.9. The largest absolute Gasteiger partial charge is 0.218 e. The molecule has 4 nitrogen and oxygen atoms in total. The summed E-state index contributed by atoms with van der Waals surface area (Å²) in [5.74, 6) is 0.449. The van der Waals surface area contributed by atoms with E-state index in [2.05, 4.69) is 13.8 Å². The molecule has 0 aliphatic heterocycles. The first-order valence-electron chi connectivity index (χ1n) is 8.18. The maximum Gasteiger partial charge on any atom is 0.218 e. The van der Waals surface area contributed by atoms with Gasteiger partial charge in [-0.15, -0.1) is 0 Å². The Balaban J connectivity index is 4.28. The zero-order valence-electron chi connectivity index (χ0n) is 14.3. The molecular formula is C16H30O4S2. The smallest absolute Gasteiger partial charge is 0.184 e. The second-order valence-electron chi connectivity index (χ2n) is 6.47. The van der Waals surface area contributed by atoms with Crippen LogP contribution in [0.5, 0.6) is 0 Å². The lowest BCUT2D eigenvalue weighted by Gasteiger charge is -2.07. The van der Waals surface area contributed by atoms with Crippen LogP contribution in [0.1, 0.15) is 79.1 Å².